The van der Waals surface area contributed by atoms with Crippen molar-refractivity contribution >= 4 is 6.08 Å². The van der Waals surface area contributed by atoms with Crippen molar-refractivity contribution < 1.29 is 14.4 Å². The van der Waals surface area contributed by atoms with Gasteiger partial charge in [-0.15, -0.1) is 0 Å². The molecule has 1 aromatic rings. The molecular weight excluding hydrogens is 234 g/mol. The molecule has 0 saturated carbocycles. The zero-order valence-corrected chi connectivity index (χ0v) is 10.6. The van der Waals surface area contributed by atoms with E-state index in [0.29, 0.717) is 11.3 Å². The number of nitro groups is 1. The number of hydrogen-bond donors (Lipinski definition) is 0. The van der Waals surface area contributed by atoms with Crippen LogP contribution in [-0.4, -0.2) is 18.1 Å². The summed E-state index contributed by atoms with van der Waals surface area (Å²) in [6, 6.07) is 3.68. The maximum atomic E-state index is 10.7. The third-order valence-electron chi connectivity index (χ3n) is 2.90. The van der Waals surface area contributed by atoms with Crippen LogP contribution in [0.15, 0.2) is 17.8 Å². The first-order chi connectivity index (χ1) is 8.51. The van der Waals surface area contributed by atoms with Crippen LogP contribution in [-0.2, 0) is 6.42 Å². The predicted octanol–water partition coefficient (Wildman–Crippen LogP) is 2.66. The molecule has 1 atom stereocenters. The van der Waals surface area contributed by atoms with E-state index in [1.54, 1.807) is 13.2 Å². The zero-order chi connectivity index (χ0) is 13.3. The summed E-state index contributed by atoms with van der Waals surface area (Å²) in [5.41, 5.74) is 1.81. The van der Waals surface area contributed by atoms with Gasteiger partial charge in [0.25, 0.3) is 0 Å². The van der Waals surface area contributed by atoms with Crippen LogP contribution >= 0.6 is 0 Å². The van der Waals surface area contributed by atoms with E-state index in [-0.39, 0.29) is 11.8 Å². The van der Waals surface area contributed by atoms with Gasteiger partial charge in [0.15, 0.2) is 0 Å². The summed E-state index contributed by atoms with van der Waals surface area (Å²) in [5.74, 6) is 1.42. The van der Waals surface area contributed by atoms with E-state index in [1.165, 1.54) is 13.0 Å². The third-order valence-corrected chi connectivity index (χ3v) is 2.90. The molecule has 2 rings (SSSR count). The van der Waals surface area contributed by atoms with Crippen molar-refractivity contribution in [2.45, 2.75) is 26.4 Å². The highest BCUT2D eigenvalue weighted by Gasteiger charge is 2.21. The molecule has 1 unspecified atom stereocenters. The van der Waals surface area contributed by atoms with E-state index < -0.39 is 4.92 Å². The van der Waals surface area contributed by atoms with Gasteiger partial charge in [-0.05, 0) is 19.1 Å². The van der Waals surface area contributed by atoms with Gasteiger partial charge in [-0.1, -0.05) is 0 Å². The van der Waals surface area contributed by atoms with Gasteiger partial charge in [-0.2, -0.15) is 0 Å². The lowest BCUT2D eigenvalue weighted by atomic mass is 10.1. The molecule has 0 N–H and O–H groups in total. The number of allylic oxidation sites excluding steroid dienone is 1. The number of fused-ring (bicyclic) bond motifs is 1. The lowest BCUT2D eigenvalue weighted by molar-refractivity contribution is -0.422. The van der Waals surface area contributed by atoms with E-state index >= 15 is 0 Å². The Morgan fingerprint density at radius 1 is 1.61 bits per heavy atom. The Morgan fingerprint density at radius 3 is 2.94 bits per heavy atom. The molecule has 18 heavy (non-hydrogen) atoms. The van der Waals surface area contributed by atoms with Gasteiger partial charge in [-0.25, -0.2) is 0 Å². The molecule has 0 saturated heterocycles. The predicted molar refractivity (Wildman–Crippen MR) is 67.4 cm³/mol. The second-order valence-corrected chi connectivity index (χ2v) is 4.38. The van der Waals surface area contributed by atoms with Crippen LogP contribution < -0.4 is 9.47 Å². The molecule has 0 bridgehead atoms. The Balaban J connectivity index is 2.45. The first-order valence-electron chi connectivity index (χ1n) is 5.71. The summed E-state index contributed by atoms with van der Waals surface area (Å²) >= 11 is 0. The standard InChI is InChI=1S/C13H15NO4/c1-8(14(15)16)4-10-7-13-11(5-9(2)18-13)6-12(10)17-3/h4,6-7,9H,5H2,1-3H3/b8-4-. The first kappa shape index (κ1) is 12.4. The van der Waals surface area contributed by atoms with Gasteiger partial charge in [0.2, 0.25) is 5.70 Å². The molecule has 0 aromatic heterocycles. The van der Waals surface area contributed by atoms with Crippen LogP contribution in [0, 0.1) is 10.1 Å². The van der Waals surface area contributed by atoms with Crippen LogP contribution in [0.25, 0.3) is 6.08 Å². The second kappa shape index (κ2) is 4.68. The minimum Gasteiger partial charge on any atom is -0.496 e. The lowest BCUT2D eigenvalue weighted by Crippen LogP contribution is -2.05. The summed E-state index contributed by atoms with van der Waals surface area (Å²) in [7, 11) is 1.56. The average Bonchev–Trinajstić information content (AvgIpc) is 2.66. The number of hydrogen-bond acceptors (Lipinski definition) is 4. The molecule has 5 heteroatoms. The molecule has 0 aliphatic carbocycles. The SMILES string of the molecule is COc1cc2c(cc1/C=C(/C)[N+](=O)[O-])OC(C)C2. The van der Waals surface area contributed by atoms with Crippen LogP contribution in [0.1, 0.15) is 25.0 Å². The highest BCUT2D eigenvalue weighted by Crippen LogP contribution is 2.35. The summed E-state index contributed by atoms with van der Waals surface area (Å²) in [4.78, 5) is 10.2. The third kappa shape index (κ3) is 2.30. The van der Waals surface area contributed by atoms with E-state index in [2.05, 4.69) is 0 Å². The maximum absolute atomic E-state index is 10.7. The maximum Gasteiger partial charge on any atom is 0.243 e. The van der Waals surface area contributed by atoms with Crippen LogP contribution in [0.5, 0.6) is 11.5 Å². The van der Waals surface area contributed by atoms with Crippen molar-refractivity contribution in [2.75, 3.05) is 7.11 Å². The quantitative estimate of drug-likeness (QED) is 0.610. The van der Waals surface area contributed by atoms with E-state index in [1.807, 2.05) is 13.0 Å². The normalized spacial score (nSPS) is 18.2. The summed E-state index contributed by atoms with van der Waals surface area (Å²) < 4.78 is 10.9. The first-order valence-corrected chi connectivity index (χ1v) is 5.71. The molecule has 96 valence electrons. The number of ether oxygens (including phenoxy) is 2. The molecule has 0 radical (unpaired) electrons. The molecular formula is C13H15NO4. The fourth-order valence-electron chi connectivity index (χ4n) is 2.02. The minimum atomic E-state index is -0.420. The van der Waals surface area contributed by atoms with Crippen molar-refractivity contribution in [1.82, 2.24) is 0 Å². The fourth-order valence-corrected chi connectivity index (χ4v) is 2.02. The number of methoxy groups -OCH3 is 1. The van der Waals surface area contributed by atoms with Gasteiger partial charge in [-0.3, -0.25) is 10.1 Å². The molecule has 0 amide bonds. The Bertz CT molecular complexity index is 522. The monoisotopic (exact) mass is 249 g/mol. The van der Waals surface area contributed by atoms with Crippen LogP contribution in [0.3, 0.4) is 0 Å². The second-order valence-electron chi connectivity index (χ2n) is 4.38. The summed E-state index contributed by atoms with van der Waals surface area (Å²) in [6.45, 7) is 3.44. The topological polar surface area (TPSA) is 61.6 Å². The van der Waals surface area contributed by atoms with Crippen molar-refractivity contribution in [3.8, 4) is 11.5 Å². The molecule has 0 fully saturated rings. The van der Waals surface area contributed by atoms with E-state index in [9.17, 15) is 10.1 Å². The molecule has 0 spiro atoms. The van der Waals surface area contributed by atoms with E-state index in [4.69, 9.17) is 9.47 Å². The Hall–Kier alpha value is -2.04. The number of benzene rings is 1. The minimum absolute atomic E-state index is 0.0688. The van der Waals surface area contributed by atoms with Crippen molar-refractivity contribution in [2.24, 2.45) is 0 Å². The van der Waals surface area contributed by atoms with Crippen LogP contribution in [0.4, 0.5) is 0 Å². The summed E-state index contributed by atoms with van der Waals surface area (Å²) in [6.07, 6.45) is 2.47. The van der Waals surface area contributed by atoms with Gasteiger partial charge in [0.05, 0.1) is 12.0 Å². The Kier molecular flexibility index (Phi) is 3.23. The van der Waals surface area contributed by atoms with Crippen molar-refractivity contribution in [1.29, 1.82) is 0 Å². The van der Waals surface area contributed by atoms with Gasteiger partial charge >= 0.3 is 0 Å². The zero-order valence-electron chi connectivity index (χ0n) is 10.6. The largest absolute Gasteiger partial charge is 0.496 e. The lowest BCUT2D eigenvalue weighted by Gasteiger charge is -2.08. The van der Waals surface area contributed by atoms with Gasteiger partial charge in [0.1, 0.15) is 17.6 Å². The van der Waals surface area contributed by atoms with Crippen molar-refractivity contribution in [3.63, 3.8) is 0 Å². The molecule has 1 aliphatic rings. The van der Waals surface area contributed by atoms with E-state index in [0.717, 1.165) is 17.7 Å². The molecule has 1 aromatic carbocycles. The highest BCUT2D eigenvalue weighted by molar-refractivity contribution is 5.63. The smallest absolute Gasteiger partial charge is 0.243 e. The Labute approximate surface area is 105 Å². The number of rotatable bonds is 3. The molecule has 5 nitrogen and oxygen atoms in total. The fraction of sp³-hybridized carbons (Fsp3) is 0.385. The van der Waals surface area contributed by atoms with Gasteiger partial charge in [0, 0.05) is 30.5 Å². The highest BCUT2D eigenvalue weighted by atomic mass is 16.6. The van der Waals surface area contributed by atoms with Crippen LogP contribution in [0.2, 0.25) is 0 Å². The molecule has 1 heterocycles. The summed E-state index contributed by atoms with van der Waals surface area (Å²) in [5, 5.41) is 10.7. The van der Waals surface area contributed by atoms with Gasteiger partial charge < -0.3 is 9.47 Å². The van der Waals surface area contributed by atoms with Crippen molar-refractivity contribution in [3.05, 3.63) is 39.1 Å². The average molecular weight is 249 g/mol. The Morgan fingerprint density at radius 2 is 2.33 bits per heavy atom. The number of nitrogens with zero attached hydrogens (tertiary/aromatic N) is 1. The molecule has 1 aliphatic heterocycles.